The molecule has 0 radical (unpaired) electrons. The Morgan fingerprint density at radius 3 is 2.78 bits per heavy atom. The Labute approximate surface area is 208 Å². The van der Waals surface area contributed by atoms with Crippen molar-refractivity contribution in [3.8, 4) is 0 Å². The topological polar surface area (TPSA) is 130 Å². The largest absolute Gasteiger partial charge is 0.424 e. The molecule has 0 aliphatic carbocycles. The first-order valence-electron chi connectivity index (χ1n) is 12.2. The minimum Gasteiger partial charge on any atom is -0.424 e. The summed E-state index contributed by atoms with van der Waals surface area (Å²) in [6.07, 6.45) is 4.59. The zero-order valence-corrected chi connectivity index (χ0v) is 20.3. The van der Waals surface area contributed by atoms with Crippen molar-refractivity contribution < 1.29 is 18.4 Å². The van der Waals surface area contributed by atoms with Crippen LogP contribution in [0.2, 0.25) is 0 Å². The molecule has 1 aliphatic rings. The van der Waals surface area contributed by atoms with Crippen molar-refractivity contribution in [1.82, 2.24) is 25.2 Å². The molecule has 5 rings (SSSR count). The summed E-state index contributed by atoms with van der Waals surface area (Å²) >= 11 is 0. The van der Waals surface area contributed by atoms with Crippen LogP contribution in [0.15, 0.2) is 46.9 Å². The molecule has 4 aromatic rings. The molecule has 0 bridgehead atoms. The molecule has 1 saturated heterocycles. The number of para-hydroxylation sites is 3. The number of hydrogen-bond acceptors (Lipinski definition) is 6. The fraction of sp³-hybridized carbons (Fsp3) is 0.385. The third-order valence-corrected chi connectivity index (χ3v) is 6.26. The number of amides is 2. The normalized spacial score (nSPS) is 15.5. The molecule has 9 nitrogen and oxygen atoms in total. The number of anilines is 1. The number of carbonyl (C=O) groups is 2. The molecule has 2 amide bonds. The van der Waals surface area contributed by atoms with Gasteiger partial charge in [-0.1, -0.05) is 25.1 Å². The number of nitrogen functional groups attached to an aromatic ring is 1. The molecule has 0 unspecified atom stereocenters. The number of rotatable bonds is 6. The average molecular weight is 495 g/mol. The fourth-order valence-electron chi connectivity index (χ4n) is 4.41. The van der Waals surface area contributed by atoms with Crippen LogP contribution in [0.5, 0.6) is 0 Å². The van der Waals surface area contributed by atoms with E-state index in [1.807, 2.05) is 29.2 Å². The van der Waals surface area contributed by atoms with Crippen molar-refractivity contribution in [2.24, 2.45) is 0 Å². The quantitative estimate of drug-likeness (QED) is 0.366. The van der Waals surface area contributed by atoms with Crippen molar-refractivity contribution in [2.75, 3.05) is 12.3 Å². The summed E-state index contributed by atoms with van der Waals surface area (Å²) < 4.78 is 18.7. The maximum absolute atomic E-state index is 13.6. The van der Waals surface area contributed by atoms with Crippen molar-refractivity contribution in [2.45, 2.75) is 58.0 Å². The highest BCUT2D eigenvalue weighted by Gasteiger charge is 2.25. The van der Waals surface area contributed by atoms with Crippen LogP contribution < -0.4 is 11.1 Å². The van der Waals surface area contributed by atoms with Gasteiger partial charge in [0, 0.05) is 25.4 Å². The third kappa shape index (κ3) is 6.18. The van der Waals surface area contributed by atoms with Gasteiger partial charge in [0.2, 0.25) is 11.8 Å². The number of aromatic nitrogens is 3. The first-order valence-corrected chi connectivity index (χ1v) is 12.2. The number of nitrogens with one attached hydrogen (secondary N) is 2. The van der Waals surface area contributed by atoms with Gasteiger partial charge in [0.25, 0.3) is 6.01 Å². The molecule has 36 heavy (non-hydrogen) atoms. The molecule has 0 saturated carbocycles. The van der Waals surface area contributed by atoms with Gasteiger partial charge in [-0.2, -0.15) is 4.98 Å². The second-order valence-corrected chi connectivity index (χ2v) is 8.76. The number of carbonyl (C=O) groups excluding carboxylic acids is 2. The molecule has 0 spiro atoms. The van der Waals surface area contributed by atoms with Gasteiger partial charge < -0.3 is 25.4 Å². The van der Waals surface area contributed by atoms with Crippen molar-refractivity contribution in [3.63, 3.8) is 0 Å². The minimum absolute atomic E-state index is 0.0532. The zero-order chi connectivity index (χ0) is 25.5. The Morgan fingerprint density at radius 2 is 2.00 bits per heavy atom. The molecule has 190 valence electrons. The lowest BCUT2D eigenvalue weighted by atomic mass is 9.99. The van der Waals surface area contributed by atoms with Crippen molar-refractivity contribution in [3.05, 3.63) is 54.1 Å². The molecular weight excluding hydrogens is 463 g/mol. The number of aromatic amines is 1. The number of H-pyrrole nitrogens is 1. The predicted octanol–water partition coefficient (Wildman–Crippen LogP) is 4.30. The van der Waals surface area contributed by atoms with Gasteiger partial charge in [-0.05, 0) is 49.9 Å². The highest BCUT2D eigenvalue weighted by molar-refractivity contribution is 5.84. The molecular formula is C26H31FN6O3. The third-order valence-electron chi connectivity index (χ3n) is 6.26. The highest BCUT2D eigenvalue weighted by atomic mass is 19.1. The number of fused-ring (bicyclic) bond motifs is 2. The molecule has 2 aromatic carbocycles. The van der Waals surface area contributed by atoms with E-state index >= 15 is 0 Å². The smallest absolute Gasteiger partial charge is 0.292 e. The lowest BCUT2D eigenvalue weighted by Gasteiger charge is -2.35. The number of nitrogens with zero attached hydrogens (tertiary/aromatic N) is 3. The zero-order valence-electron chi connectivity index (χ0n) is 20.3. The number of nitrogens with two attached hydrogens (primary N) is 1. The van der Waals surface area contributed by atoms with E-state index in [9.17, 15) is 14.0 Å². The summed E-state index contributed by atoms with van der Waals surface area (Å²) in [6, 6.07) is 12.7. The number of piperidine rings is 1. The minimum atomic E-state index is -0.395. The first-order chi connectivity index (χ1) is 17.4. The molecule has 2 aromatic heterocycles. The van der Waals surface area contributed by atoms with Crippen molar-refractivity contribution >= 4 is 40.0 Å². The second kappa shape index (κ2) is 11.7. The summed E-state index contributed by atoms with van der Waals surface area (Å²) in [6.45, 7) is 3.07. The van der Waals surface area contributed by atoms with Gasteiger partial charge in [-0.15, -0.1) is 0 Å². The van der Waals surface area contributed by atoms with Crippen LogP contribution in [-0.4, -0.2) is 44.3 Å². The maximum Gasteiger partial charge on any atom is 0.292 e. The number of halogens is 1. The monoisotopic (exact) mass is 494 g/mol. The van der Waals surface area contributed by atoms with Gasteiger partial charge in [0.15, 0.2) is 11.4 Å². The first kappa shape index (κ1) is 25.2. The summed E-state index contributed by atoms with van der Waals surface area (Å²) in [5.41, 5.74) is 7.72. The van der Waals surface area contributed by atoms with Crippen LogP contribution in [-0.2, 0) is 16.1 Å². The SMILES string of the molecule is CC[C@H]1CCCCN1C(=O)CCC(=O)NCc1nc2c(F)cccc2[nH]1.Nc1nc2ccccc2o1. The van der Waals surface area contributed by atoms with E-state index in [4.69, 9.17) is 10.2 Å². The van der Waals surface area contributed by atoms with E-state index in [0.717, 1.165) is 36.9 Å². The number of hydrogen-bond donors (Lipinski definition) is 3. The Hall–Kier alpha value is -3.95. The molecule has 1 aliphatic heterocycles. The second-order valence-electron chi connectivity index (χ2n) is 8.76. The Morgan fingerprint density at radius 1 is 1.17 bits per heavy atom. The molecule has 10 heteroatoms. The van der Waals surface area contributed by atoms with E-state index < -0.39 is 5.82 Å². The van der Waals surface area contributed by atoms with E-state index in [1.54, 1.807) is 12.1 Å². The van der Waals surface area contributed by atoms with Crippen molar-refractivity contribution in [1.29, 1.82) is 0 Å². The van der Waals surface area contributed by atoms with Gasteiger partial charge in [-0.25, -0.2) is 9.37 Å². The number of oxazole rings is 1. The Bertz CT molecular complexity index is 1300. The fourth-order valence-corrected chi connectivity index (χ4v) is 4.41. The molecule has 1 atom stereocenters. The number of benzene rings is 2. The maximum atomic E-state index is 13.6. The van der Waals surface area contributed by atoms with Crippen LogP contribution in [0, 0.1) is 5.82 Å². The molecule has 1 fully saturated rings. The lowest BCUT2D eigenvalue weighted by Crippen LogP contribution is -2.43. The molecule has 4 N–H and O–H groups in total. The van der Waals surface area contributed by atoms with Gasteiger partial charge in [-0.3, -0.25) is 9.59 Å². The highest BCUT2D eigenvalue weighted by Crippen LogP contribution is 2.21. The average Bonchev–Trinajstić information content (AvgIpc) is 3.49. The predicted molar refractivity (Wildman–Crippen MR) is 135 cm³/mol. The number of likely N-dealkylation sites (tertiary alicyclic amines) is 1. The van der Waals surface area contributed by atoms with Crippen LogP contribution in [0.4, 0.5) is 10.4 Å². The summed E-state index contributed by atoms with van der Waals surface area (Å²) in [5, 5.41) is 2.74. The van der Waals surface area contributed by atoms with Gasteiger partial charge >= 0.3 is 0 Å². The number of imidazole rings is 1. The van der Waals surface area contributed by atoms with Gasteiger partial charge in [0.05, 0.1) is 12.1 Å². The van der Waals surface area contributed by atoms with E-state index in [2.05, 4.69) is 27.2 Å². The van der Waals surface area contributed by atoms with Crippen LogP contribution in [0.25, 0.3) is 22.1 Å². The Kier molecular flexibility index (Phi) is 8.14. The van der Waals surface area contributed by atoms with Crippen LogP contribution in [0.3, 0.4) is 0 Å². The lowest BCUT2D eigenvalue weighted by molar-refractivity contribution is -0.136. The van der Waals surface area contributed by atoms with Crippen LogP contribution in [0.1, 0.15) is 51.3 Å². The summed E-state index contributed by atoms with van der Waals surface area (Å²) in [4.78, 5) is 37.4. The standard InChI is InChI=1S/C19H25FN4O2.C7H6N2O/c1-2-13-6-3-4-11-24(13)18(26)10-9-17(25)21-12-16-22-15-8-5-7-14(20)19(15)23-16;8-7-9-5-3-1-2-4-6(5)10-7/h5,7-8,13H,2-4,6,9-12H2,1H3,(H,21,25)(H,22,23);1-4H,(H2,8,9)/t13-;/m0./s1. The van der Waals surface area contributed by atoms with E-state index in [1.165, 1.54) is 12.5 Å². The van der Waals surface area contributed by atoms with E-state index in [0.29, 0.717) is 17.4 Å². The van der Waals surface area contributed by atoms with Crippen LogP contribution >= 0.6 is 0 Å². The summed E-state index contributed by atoms with van der Waals surface area (Å²) in [7, 11) is 0. The Balaban J connectivity index is 0.000000251. The van der Waals surface area contributed by atoms with E-state index in [-0.39, 0.29) is 42.7 Å². The molecule has 3 heterocycles. The van der Waals surface area contributed by atoms with Gasteiger partial charge in [0.1, 0.15) is 16.9 Å². The summed E-state index contributed by atoms with van der Waals surface area (Å²) in [5.74, 6) is -0.0531.